The number of carbonyl (C=O) groups excluding carboxylic acids is 1. The van der Waals surface area contributed by atoms with Crippen LogP contribution < -0.4 is 20.1 Å². The molecule has 1 aliphatic rings. The largest absolute Gasteiger partial charge is 0.492 e. The van der Waals surface area contributed by atoms with Crippen molar-refractivity contribution < 1.29 is 19.2 Å². The Bertz CT molecular complexity index is 882. The maximum atomic E-state index is 12.5. The van der Waals surface area contributed by atoms with Gasteiger partial charge in [-0.1, -0.05) is 0 Å². The third-order valence-electron chi connectivity index (χ3n) is 4.41. The molecule has 3 rings (SSSR count). The van der Waals surface area contributed by atoms with E-state index in [-0.39, 0.29) is 17.7 Å². The van der Waals surface area contributed by atoms with E-state index in [0.717, 1.165) is 17.7 Å². The zero-order valence-corrected chi connectivity index (χ0v) is 16.0. The monoisotopic (exact) mass is 385 g/mol. The first kappa shape index (κ1) is 19.5. The molecule has 2 aromatic carbocycles. The van der Waals surface area contributed by atoms with Crippen molar-refractivity contribution in [3.05, 3.63) is 52.1 Å². The van der Waals surface area contributed by atoms with Gasteiger partial charge in [0.2, 0.25) is 5.91 Å². The summed E-state index contributed by atoms with van der Waals surface area (Å²) in [5, 5.41) is 16.6. The van der Waals surface area contributed by atoms with E-state index in [1.54, 1.807) is 6.92 Å². The number of nitro groups is 1. The smallest absolute Gasteiger partial charge is 0.269 e. The average Bonchev–Trinajstić information content (AvgIpc) is 3.01. The maximum absolute atomic E-state index is 12.5. The van der Waals surface area contributed by atoms with Crippen LogP contribution in [0.3, 0.4) is 0 Å². The van der Waals surface area contributed by atoms with Crippen LogP contribution in [-0.4, -0.2) is 29.6 Å². The molecule has 0 aromatic heterocycles. The molecule has 1 heterocycles. The third kappa shape index (κ3) is 4.33. The molecule has 0 spiro atoms. The number of carbonyl (C=O) groups is 1. The topological polar surface area (TPSA) is 103 Å². The SMILES string of the molecule is CCOc1cc2c(cc1N[C@@H](C)C(=O)Nc1ccc([N+](=O)[O-])cc1)O[C@H](C)C2. The van der Waals surface area contributed by atoms with Crippen LogP contribution in [0.1, 0.15) is 26.3 Å². The number of benzene rings is 2. The summed E-state index contributed by atoms with van der Waals surface area (Å²) >= 11 is 0. The molecule has 8 nitrogen and oxygen atoms in total. The Morgan fingerprint density at radius 1 is 1.36 bits per heavy atom. The zero-order chi connectivity index (χ0) is 20.3. The number of rotatable bonds is 7. The number of non-ortho nitro benzene ring substituents is 1. The summed E-state index contributed by atoms with van der Waals surface area (Å²) in [6.07, 6.45) is 0.939. The van der Waals surface area contributed by atoms with Crippen LogP contribution in [0.4, 0.5) is 17.1 Å². The fourth-order valence-electron chi connectivity index (χ4n) is 3.04. The van der Waals surface area contributed by atoms with Crippen LogP contribution >= 0.6 is 0 Å². The van der Waals surface area contributed by atoms with Gasteiger partial charge in [-0.05, 0) is 39.0 Å². The predicted molar refractivity (Wildman–Crippen MR) is 106 cm³/mol. The Hall–Kier alpha value is -3.29. The van der Waals surface area contributed by atoms with E-state index < -0.39 is 11.0 Å². The molecular formula is C20H23N3O5. The highest BCUT2D eigenvalue weighted by atomic mass is 16.6. The summed E-state index contributed by atoms with van der Waals surface area (Å²) in [6.45, 7) is 6.15. The highest BCUT2D eigenvalue weighted by Crippen LogP contribution is 2.38. The number of hydrogen-bond donors (Lipinski definition) is 2. The van der Waals surface area contributed by atoms with Gasteiger partial charge >= 0.3 is 0 Å². The van der Waals surface area contributed by atoms with Crippen LogP contribution in [-0.2, 0) is 11.2 Å². The van der Waals surface area contributed by atoms with E-state index in [1.165, 1.54) is 24.3 Å². The van der Waals surface area contributed by atoms with Gasteiger partial charge in [-0.15, -0.1) is 0 Å². The Balaban J connectivity index is 1.71. The van der Waals surface area contributed by atoms with Crippen LogP contribution in [0.25, 0.3) is 0 Å². The van der Waals surface area contributed by atoms with E-state index >= 15 is 0 Å². The number of nitro benzene ring substituents is 1. The molecule has 148 valence electrons. The van der Waals surface area contributed by atoms with Gasteiger partial charge in [0, 0.05) is 35.9 Å². The number of nitrogens with one attached hydrogen (secondary N) is 2. The van der Waals surface area contributed by atoms with Crippen LogP contribution in [0.2, 0.25) is 0 Å². The van der Waals surface area contributed by atoms with Crippen LogP contribution in [0, 0.1) is 10.1 Å². The summed E-state index contributed by atoms with van der Waals surface area (Å²) in [5.74, 6) is 1.20. The van der Waals surface area contributed by atoms with Gasteiger partial charge < -0.3 is 20.1 Å². The molecule has 0 bridgehead atoms. The van der Waals surface area contributed by atoms with E-state index in [9.17, 15) is 14.9 Å². The highest BCUT2D eigenvalue weighted by Gasteiger charge is 2.23. The lowest BCUT2D eigenvalue weighted by Crippen LogP contribution is -2.32. The first-order valence-corrected chi connectivity index (χ1v) is 9.15. The third-order valence-corrected chi connectivity index (χ3v) is 4.41. The van der Waals surface area contributed by atoms with Crippen molar-refractivity contribution in [1.82, 2.24) is 0 Å². The first-order chi connectivity index (χ1) is 13.4. The van der Waals surface area contributed by atoms with Crippen molar-refractivity contribution in [2.24, 2.45) is 0 Å². The number of amides is 1. The second-order valence-corrected chi connectivity index (χ2v) is 6.68. The van der Waals surface area contributed by atoms with Gasteiger partial charge in [-0.2, -0.15) is 0 Å². The van der Waals surface area contributed by atoms with Crippen LogP contribution in [0.15, 0.2) is 36.4 Å². The fourth-order valence-corrected chi connectivity index (χ4v) is 3.04. The van der Waals surface area contributed by atoms with Gasteiger partial charge in [0.1, 0.15) is 23.6 Å². The van der Waals surface area contributed by atoms with Crippen molar-refractivity contribution in [1.29, 1.82) is 0 Å². The lowest BCUT2D eigenvalue weighted by molar-refractivity contribution is -0.384. The van der Waals surface area contributed by atoms with Crippen molar-refractivity contribution in [2.45, 2.75) is 39.3 Å². The zero-order valence-electron chi connectivity index (χ0n) is 16.0. The summed E-state index contributed by atoms with van der Waals surface area (Å²) in [6, 6.07) is 8.94. The van der Waals surface area contributed by atoms with Crippen molar-refractivity contribution in [2.75, 3.05) is 17.2 Å². The quantitative estimate of drug-likeness (QED) is 0.556. The van der Waals surface area contributed by atoms with Crippen molar-refractivity contribution >= 4 is 23.0 Å². The van der Waals surface area contributed by atoms with E-state index in [1.807, 2.05) is 26.0 Å². The van der Waals surface area contributed by atoms with Gasteiger partial charge in [-0.25, -0.2) is 0 Å². The van der Waals surface area contributed by atoms with Crippen molar-refractivity contribution in [3.63, 3.8) is 0 Å². The number of ether oxygens (including phenoxy) is 2. The summed E-state index contributed by atoms with van der Waals surface area (Å²) in [5.41, 5.74) is 2.23. The van der Waals surface area contributed by atoms with Gasteiger partial charge in [0.25, 0.3) is 5.69 Å². The van der Waals surface area contributed by atoms with E-state index in [0.29, 0.717) is 23.7 Å². The highest BCUT2D eigenvalue weighted by molar-refractivity contribution is 5.96. The molecule has 2 N–H and O–H groups in total. The molecule has 8 heteroatoms. The lowest BCUT2D eigenvalue weighted by Gasteiger charge is -2.19. The second kappa shape index (κ2) is 8.16. The first-order valence-electron chi connectivity index (χ1n) is 9.15. The Labute approximate surface area is 163 Å². The minimum atomic E-state index is -0.564. The normalized spacial score (nSPS) is 15.9. The molecule has 28 heavy (non-hydrogen) atoms. The maximum Gasteiger partial charge on any atom is 0.269 e. The molecule has 0 fully saturated rings. The Morgan fingerprint density at radius 2 is 2.07 bits per heavy atom. The van der Waals surface area contributed by atoms with Gasteiger partial charge in [-0.3, -0.25) is 14.9 Å². The van der Waals surface area contributed by atoms with Gasteiger partial charge in [0.05, 0.1) is 17.2 Å². The predicted octanol–water partition coefficient (Wildman–Crippen LogP) is 3.76. The molecule has 1 aliphatic heterocycles. The lowest BCUT2D eigenvalue weighted by atomic mass is 10.1. The average molecular weight is 385 g/mol. The van der Waals surface area contributed by atoms with Crippen LogP contribution in [0.5, 0.6) is 11.5 Å². The van der Waals surface area contributed by atoms with E-state index in [4.69, 9.17) is 9.47 Å². The number of anilines is 2. The molecular weight excluding hydrogens is 362 g/mol. The standard InChI is InChI=1S/C20H23N3O5/c1-4-27-19-10-14-9-12(2)28-18(14)11-17(19)21-13(3)20(24)22-15-5-7-16(8-6-15)23(25)26/h5-8,10-13,21H,4,9H2,1-3H3,(H,22,24)/t12-,13+/m1/s1. The molecule has 0 saturated heterocycles. The summed E-state index contributed by atoms with van der Waals surface area (Å²) < 4.78 is 11.5. The summed E-state index contributed by atoms with van der Waals surface area (Å²) in [4.78, 5) is 22.7. The minimum absolute atomic E-state index is 0.0297. The van der Waals surface area contributed by atoms with Crippen molar-refractivity contribution in [3.8, 4) is 11.5 Å². The number of fused-ring (bicyclic) bond motifs is 1. The molecule has 2 atom stereocenters. The number of nitrogens with zero attached hydrogens (tertiary/aromatic N) is 1. The fraction of sp³-hybridized carbons (Fsp3) is 0.350. The van der Waals surface area contributed by atoms with E-state index in [2.05, 4.69) is 10.6 Å². The second-order valence-electron chi connectivity index (χ2n) is 6.68. The Morgan fingerprint density at radius 3 is 2.71 bits per heavy atom. The molecule has 0 aliphatic carbocycles. The molecule has 2 aromatic rings. The molecule has 0 radical (unpaired) electrons. The minimum Gasteiger partial charge on any atom is -0.492 e. The molecule has 1 amide bonds. The van der Waals surface area contributed by atoms with Gasteiger partial charge in [0.15, 0.2) is 0 Å². The molecule has 0 saturated carbocycles. The summed E-state index contributed by atoms with van der Waals surface area (Å²) in [7, 11) is 0. The Kier molecular flexibility index (Phi) is 5.67. The molecule has 0 unspecified atom stereocenters. The number of hydrogen-bond acceptors (Lipinski definition) is 6.